The van der Waals surface area contributed by atoms with Gasteiger partial charge in [0.1, 0.15) is 31.8 Å². The van der Waals surface area contributed by atoms with Crippen LogP contribution in [0.2, 0.25) is 0 Å². The van der Waals surface area contributed by atoms with Crippen molar-refractivity contribution in [1.82, 2.24) is 5.32 Å². The van der Waals surface area contributed by atoms with Gasteiger partial charge in [-0.2, -0.15) is 0 Å². The average Bonchev–Trinajstić information content (AvgIpc) is 2.56. The van der Waals surface area contributed by atoms with E-state index in [1.54, 1.807) is 4.90 Å². The first-order valence-electron chi connectivity index (χ1n) is 9.74. The van der Waals surface area contributed by atoms with Crippen LogP contribution in [0.4, 0.5) is 0 Å². The molecule has 2 aliphatic rings. The lowest BCUT2D eigenvalue weighted by Gasteiger charge is -2.33. The largest absolute Gasteiger partial charge is 0.364 e. The monoisotopic (exact) mass is 347 g/mol. The Morgan fingerprint density at radius 3 is 2.36 bits per heavy atom. The van der Waals surface area contributed by atoms with Crippen molar-refractivity contribution in [3.63, 3.8) is 0 Å². The third kappa shape index (κ3) is 5.80. The highest BCUT2D eigenvalue weighted by Gasteiger charge is 2.29. The van der Waals surface area contributed by atoms with Crippen LogP contribution >= 0.6 is 0 Å². The van der Waals surface area contributed by atoms with Gasteiger partial charge in [-0.1, -0.05) is 30.3 Å². The number of likely N-dealkylation sites (tertiary alicyclic amines) is 1. The number of ether oxygens (including phenoxy) is 1. The molecule has 0 aromatic heterocycles. The van der Waals surface area contributed by atoms with Gasteiger partial charge in [0.2, 0.25) is 0 Å². The Balaban J connectivity index is 1.37. The molecule has 3 rings (SSSR count). The van der Waals surface area contributed by atoms with Crippen LogP contribution in [0.25, 0.3) is 0 Å². The maximum Gasteiger partial charge on any atom is 0.275 e. The first kappa shape index (κ1) is 18.4. The average molecular weight is 348 g/mol. The molecule has 5 nitrogen and oxygen atoms in total. The predicted molar refractivity (Wildman–Crippen MR) is 97.6 cm³/mol. The fourth-order valence-electron chi connectivity index (χ4n) is 4.27. The molecule has 3 atom stereocenters. The number of rotatable bonds is 5. The molecule has 1 amide bonds. The lowest BCUT2D eigenvalue weighted by atomic mass is 10.0. The number of hydrogen-bond acceptors (Lipinski definition) is 2. The van der Waals surface area contributed by atoms with Gasteiger partial charge in [-0.3, -0.25) is 4.79 Å². The van der Waals surface area contributed by atoms with Gasteiger partial charge in [-0.05, 0) is 13.8 Å². The van der Waals surface area contributed by atoms with Crippen LogP contribution < -0.4 is 15.1 Å². The molecule has 0 bridgehead atoms. The second-order valence-electron chi connectivity index (χ2n) is 7.85. The molecule has 0 radical (unpaired) electrons. The normalized spacial score (nSPS) is 33.0. The fraction of sp³-hybridized carbons (Fsp3) is 0.650. The number of morpholine rings is 1. The van der Waals surface area contributed by atoms with E-state index in [4.69, 9.17) is 4.74 Å². The molecule has 2 saturated heterocycles. The van der Waals surface area contributed by atoms with Crippen LogP contribution in [0.1, 0.15) is 32.3 Å². The Labute approximate surface area is 151 Å². The van der Waals surface area contributed by atoms with E-state index in [1.807, 2.05) is 0 Å². The predicted octanol–water partition coefficient (Wildman–Crippen LogP) is -0.958. The number of quaternary nitrogens is 2. The van der Waals surface area contributed by atoms with E-state index in [9.17, 15) is 4.79 Å². The molecule has 1 aromatic carbocycles. The van der Waals surface area contributed by atoms with Crippen LogP contribution in [0.5, 0.6) is 0 Å². The van der Waals surface area contributed by atoms with Crippen LogP contribution in [0.15, 0.2) is 30.3 Å². The lowest BCUT2D eigenvalue weighted by Crippen LogP contribution is -3.16. The highest BCUT2D eigenvalue weighted by atomic mass is 16.5. The van der Waals surface area contributed by atoms with Gasteiger partial charge < -0.3 is 19.9 Å². The number of carbonyl (C=O) groups is 1. The molecule has 138 valence electrons. The summed E-state index contributed by atoms with van der Waals surface area (Å²) in [5.74, 6) is 0.202. The maximum atomic E-state index is 12.4. The van der Waals surface area contributed by atoms with Gasteiger partial charge in [0, 0.05) is 24.4 Å². The van der Waals surface area contributed by atoms with Crippen molar-refractivity contribution in [2.24, 2.45) is 0 Å². The Morgan fingerprint density at radius 1 is 1.08 bits per heavy atom. The zero-order valence-corrected chi connectivity index (χ0v) is 15.6. The van der Waals surface area contributed by atoms with Crippen molar-refractivity contribution < 1.29 is 19.3 Å². The summed E-state index contributed by atoms with van der Waals surface area (Å²) in [6.07, 6.45) is 2.66. The third-order valence-corrected chi connectivity index (χ3v) is 5.38. The van der Waals surface area contributed by atoms with Crippen LogP contribution in [-0.2, 0) is 16.1 Å². The van der Waals surface area contributed by atoms with Gasteiger partial charge in [-0.15, -0.1) is 0 Å². The summed E-state index contributed by atoms with van der Waals surface area (Å²) in [6.45, 7) is 9.99. The summed E-state index contributed by atoms with van der Waals surface area (Å²) < 4.78 is 5.75. The Bertz CT molecular complexity index is 533. The summed E-state index contributed by atoms with van der Waals surface area (Å²) in [6, 6.07) is 11.0. The van der Waals surface area contributed by atoms with Crippen LogP contribution in [-0.4, -0.2) is 56.9 Å². The number of amides is 1. The molecule has 2 aliphatic heterocycles. The van der Waals surface area contributed by atoms with Crippen molar-refractivity contribution in [2.45, 2.75) is 51.5 Å². The molecular weight excluding hydrogens is 314 g/mol. The first-order chi connectivity index (χ1) is 12.1. The standard InChI is InChI=1S/C20H31N3O2/c1-16-12-23(13-17(2)25-16)15-20(24)21-19-8-10-22(11-9-19)14-18-6-4-3-5-7-18/h3-7,16-17,19H,8-15H2,1-2H3,(H,21,24)/p+2/t16-,17+. The van der Waals surface area contributed by atoms with E-state index in [0.29, 0.717) is 12.6 Å². The Morgan fingerprint density at radius 2 is 1.72 bits per heavy atom. The molecule has 2 heterocycles. The van der Waals surface area contributed by atoms with E-state index in [2.05, 4.69) is 49.5 Å². The number of benzene rings is 1. The number of nitrogens with one attached hydrogen (secondary N) is 3. The lowest BCUT2D eigenvalue weighted by molar-refractivity contribution is -0.919. The highest BCUT2D eigenvalue weighted by molar-refractivity contribution is 5.77. The zero-order valence-electron chi connectivity index (χ0n) is 15.6. The fourth-order valence-corrected chi connectivity index (χ4v) is 4.27. The van der Waals surface area contributed by atoms with E-state index in [0.717, 1.165) is 45.6 Å². The Hall–Kier alpha value is -1.43. The molecule has 0 aliphatic carbocycles. The molecule has 0 spiro atoms. The zero-order chi connectivity index (χ0) is 17.6. The van der Waals surface area contributed by atoms with E-state index in [1.165, 1.54) is 10.5 Å². The van der Waals surface area contributed by atoms with Crippen molar-refractivity contribution in [3.05, 3.63) is 35.9 Å². The number of piperidine rings is 1. The van der Waals surface area contributed by atoms with Gasteiger partial charge in [0.05, 0.1) is 13.1 Å². The molecule has 3 N–H and O–H groups in total. The smallest absolute Gasteiger partial charge is 0.275 e. The van der Waals surface area contributed by atoms with Gasteiger partial charge in [-0.25, -0.2) is 0 Å². The van der Waals surface area contributed by atoms with E-state index < -0.39 is 0 Å². The molecule has 2 fully saturated rings. The van der Waals surface area contributed by atoms with Crippen LogP contribution in [0, 0.1) is 0 Å². The number of carbonyl (C=O) groups excluding carboxylic acids is 1. The number of hydrogen-bond donors (Lipinski definition) is 3. The summed E-state index contributed by atoms with van der Waals surface area (Å²) in [5.41, 5.74) is 1.40. The SMILES string of the molecule is C[C@@H]1C[NH+](CC(=O)NC2CC[NH+](Cc3ccccc3)CC2)C[C@H](C)O1. The van der Waals surface area contributed by atoms with Gasteiger partial charge >= 0.3 is 0 Å². The molecule has 1 aromatic rings. The van der Waals surface area contributed by atoms with Gasteiger partial charge in [0.25, 0.3) is 5.91 Å². The molecule has 25 heavy (non-hydrogen) atoms. The minimum absolute atomic E-state index is 0.202. The summed E-state index contributed by atoms with van der Waals surface area (Å²) in [5, 5.41) is 3.27. The van der Waals surface area contributed by atoms with Crippen molar-refractivity contribution in [3.8, 4) is 0 Å². The molecule has 5 heteroatoms. The summed E-state index contributed by atoms with van der Waals surface area (Å²) in [7, 11) is 0. The second-order valence-corrected chi connectivity index (χ2v) is 7.85. The Kier molecular flexibility index (Phi) is 6.45. The quantitative estimate of drug-likeness (QED) is 0.643. The summed E-state index contributed by atoms with van der Waals surface area (Å²) in [4.78, 5) is 15.4. The third-order valence-electron chi connectivity index (χ3n) is 5.38. The van der Waals surface area contributed by atoms with E-state index >= 15 is 0 Å². The van der Waals surface area contributed by atoms with E-state index in [-0.39, 0.29) is 18.1 Å². The molecule has 0 saturated carbocycles. The minimum atomic E-state index is 0.202. The highest BCUT2D eigenvalue weighted by Crippen LogP contribution is 2.02. The van der Waals surface area contributed by atoms with Gasteiger partial charge in [0.15, 0.2) is 6.54 Å². The maximum absolute atomic E-state index is 12.4. The van der Waals surface area contributed by atoms with Crippen molar-refractivity contribution in [2.75, 3.05) is 32.7 Å². The topological polar surface area (TPSA) is 47.2 Å². The van der Waals surface area contributed by atoms with Crippen molar-refractivity contribution in [1.29, 1.82) is 0 Å². The second kappa shape index (κ2) is 8.79. The van der Waals surface area contributed by atoms with Crippen LogP contribution in [0.3, 0.4) is 0 Å². The summed E-state index contributed by atoms with van der Waals surface area (Å²) >= 11 is 0. The molecular formula is C20H33N3O2+2. The first-order valence-corrected chi connectivity index (χ1v) is 9.74. The minimum Gasteiger partial charge on any atom is -0.364 e. The van der Waals surface area contributed by atoms with Crippen molar-refractivity contribution >= 4 is 5.91 Å². The molecule has 1 unspecified atom stereocenters.